The van der Waals surface area contributed by atoms with Crippen molar-refractivity contribution >= 4 is 21.8 Å². The third-order valence-electron chi connectivity index (χ3n) is 5.59. The number of nitrogens with two attached hydrogens (primary N) is 1. The lowest BCUT2D eigenvalue weighted by Crippen LogP contribution is -2.62. The number of amides is 2. The first kappa shape index (κ1) is 20.8. The van der Waals surface area contributed by atoms with E-state index in [1.807, 2.05) is 13.0 Å². The first-order valence-corrected chi connectivity index (χ1v) is 11.1. The number of carbonyl (C=O) groups is 2. The smallest absolute Gasteiger partial charge is 0.240 e. The highest BCUT2D eigenvalue weighted by Gasteiger charge is 2.36. The fraction of sp³-hybridized carbons (Fsp3) is 0.579. The Hall–Kier alpha value is -1.97. The zero-order valence-electron chi connectivity index (χ0n) is 16.1. The zero-order valence-corrected chi connectivity index (χ0v) is 17.0. The Morgan fingerprint density at radius 1 is 1.21 bits per heavy atom. The van der Waals surface area contributed by atoms with Gasteiger partial charge in [-0.1, -0.05) is 12.1 Å². The molecule has 2 heterocycles. The summed E-state index contributed by atoms with van der Waals surface area (Å²) in [6.07, 6.45) is 1.70. The second-order valence-electron chi connectivity index (χ2n) is 7.63. The van der Waals surface area contributed by atoms with E-state index in [1.165, 1.54) is 0 Å². The molecule has 1 aromatic carbocycles. The van der Waals surface area contributed by atoms with Crippen LogP contribution in [0, 0.1) is 12.8 Å². The van der Waals surface area contributed by atoms with Crippen LogP contribution in [0.15, 0.2) is 29.2 Å². The van der Waals surface area contributed by atoms with Crippen LogP contribution in [-0.4, -0.2) is 68.8 Å². The molecule has 0 saturated carbocycles. The number of primary amides is 1. The molecular weight excluding hydrogens is 380 g/mol. The molecule has 2 fully saturated rings. The molecule has 2 amide bonds. The van der Waals surface area contributed by atoms with E-state index in [0.29, 0.717) is 19.1 Å². The molecule has 3 rings (SSSR count). The molecule has 0 radical (unpaired) electrons. The van der Waals surface area contributed by atoms with E-state index in [0.717, 1.165) is 31.5 Å². The Kier molecular flexibility index (Phi) is 6.36. The van der Waals surface area contributed by atoms with Gasteiger partial charge in [0, 0.05) is 38.0 Å². The van der Waals surface area contributed by atoms with Crippen LogP contribution in [0.5, 0.6) is 0 Å². The van der Waals surface area contributed by atoms with E-state index >= 15 is 0 Å². The lowest BCUT2D eigenvalue weighted by molar-refractivity contribution is -0.139. The normalized spacial score (nSPS) is 19.4. The van der Waals surface area contributed by atoms with Crippen LogP contribution >= 0.6 is 0 Å². The molecule has 1 aromatic rings. The summed E-state index contributed by atoms with van der Waals surface area (Å²) in [5.41, 5.74) is 6.23. The van der Waals surface area contributed by atoms with E-state index < -0.39 is 10.0 Å². The SMILES string of the molecule is Cc1cccc(S(=O)(=O)NCCC(=O)N2CC(N3CCC(C(N)=O)CC3)C2)c1. The summed E-state index contributed by atoms with van der Waals surface area (Å²) in [7, 11) is -3.60. The second kappa shape index (κ2) is 8.59. The lowest BCUT2D eigenvalue weighted by atomic mass is 9.93. The van der Waals surface area contributed by atoms with Crippen molar-refractivity contribution in [2.75, 3.05) is 32.7 Å². The fourth-order valence-electron chi connectivity index (χ4n) is 3.76. The topological polar surface area (TPSA) is 113 Å². The van der Waals surface area contributed by atoms with Crippen LogP contribution < -0.4 is 10.5 Å². The molecule has 2 aliphatic rings. The molecule has 2 aliphatic heterocycles. The summed E-state index contributed by atoms with van der Waals surface area (Å²) in [5, 5.41) is 0. The Bertz CT molecular complexity index is 828. The molecule has 0 aliphatic carbocycles. The van der Waals surface area contributed by atoms with Crippen molar-refractivity contribution in [2.45, 2.75) is 37.1 Å². The first-order chi connectivity index (χ1) is 13.3. The number of piperidine rings is 1. The molecular formula is C19H28N4O4S. The minimum Gasteiger partial charge on any atom is -0.369 e. The fourth-order valence-corrected chi connectivity index (χ4v) is 4.89. The van der Waals surface area contributed by atoms with E-state index in [9.17, 15) is 18.0 Å². The Labute approximate surface area is 166 Å². The van der Waals surface area contributed by atoms with Crippen molar-refractivity contribution in [3.63, 3.8) is 0 Å². The summed E-state index contributed by atoms with van der Waals surface area (Å²) in [6.45, 7) is 4.89. The average Bonchev–Trinajstić information content (AvgIpc) is 2.61. The van der Waals surface area contributed by atoms with Crippen LogP contribution in [0.4, 0.5) is 0 Å². The highest BCUT2D eigenvalue weighted by molar-refractivity contribution is 7.89. The van der Waals surface area contributed by atoms with Gasteiger partial charge < -0.3 is 10.6 Å². The van der Waals surface area contributed by atoms with Crippen molar-refractivity contribution in [3.05, 3.63) is 29.8 Å². The lowest BCUT2D eigenvalue weighted by Gasteiger charge is -2.47. The van der Waals surface area contributed by atoms with Crippen molar-refractivity contribution in [1.29, 1.82) is 0 Å². The van der Waals surface area contributed by atoms with Crippen molar-refractivity contribution in [1.82, 2.24) is 14.5 Å². The molecule has 0 atom stereocenters. The van der Waals surface area contributed by atoms with Gasteiger partial charge in [-0.2, -0.15) is 0 Å². The summed E-state index contributed by atoms with van der Waals surface area (Å²) >= 11 is 0. The monoisotopic (exact) mass is 408 g/mol. The molecule has 9 heteroatoms. The van der Waals surface area contributed by atoms with Crippen LogP contribution in [-0.2, 0) is 19.6 Å². The summed E-state index contributed by atoms with van der Waals surface area (Å²) in [6, 6.07) is 6.99. The number of nitrogens with one attached hydrogen (secondary N) is 1. The Balaban J connectivity index is 1.38. The maximum Gasteiger partial charge on any atom is 0.240 e. The van der Waals surface area contributed by atoms with Crippen LogP contribution in [0.3, 0.4) is 0 Å². The number of nitrogens with zero attached hydrogens (tertiary/aromatic N) is 2. The summed E-state index contributed by atoms with van der Waals surface area (Å²) in [5.74, 6) is -0.302. The number of sulfonamides is 1. The number of carbonyl (C=O) groups excluding carboxylic acids is 2. The standard InChI is InChI=1S/C19H28N4O4S/c1-14-3-2-4-17(11-14)28(26,27)21-8-5-18(24)23-12-16(13-23)22-9-6-15(7-10-22)19(20)25/h2-4,11,15-16,21H,5-10,12-13H2,1H3,(H2,20,25). The van der Waals surface area contributed by atoms with Gasteiger partial charge >= 0.3 is 0 Å². The number of benzene rings is 1. The molecule has 28 heavy (non-hydrogen) atoms. The minimum atomic E-state index is -3.60. The number of hydrogen-bond donors (Lipinski definition) is 2. The van der Waals surface area contributed by atoms with Gasteiger partial charge in [-0.05, 0) is 50.6 Å². The van der Waals surface area contributed by atoms with Gasteiger partial charge in [0.2, 0.25) is 21.8 Å². The second-order valence-corrected chi connectivity index (χ2v) is 9.40. The van der Waals surface area contributed by atoms with Crippen LogP contribution in [0.1, 0.15) is 24.8 Å². The third-order valence-corrected chi connectivity index (χ3v) is 7.05. The van der Waals surface area contributed by atoms with Crippen molar-refractivity contribution < 1.29 is 18.0 Å². The largest absolute Gasteiger partial charge is 0.369 e. The van der Waals surface area contributed by atoms with Gasteiger partial charge in [0.25, 0.3) is 0 Å². The van der Waals surface area contributed by atoms with Crippen LogP contribution in [0.25, 0.3) is 0 Å². The highest BCUT2D eigenvalue weighted by atomic mass is 32.2. The molecule has 0 bridgehead atoms. The number of hydrogen-bond acceptors (Lipinski definition) is 5. The van der Waals surface area contributed by atoms with Gasteiger partial charge in [0.15, 0.2) is 0 Å². The van der Waals surface area contributed by atoms with E-state index in [-0.39, 0.29) is 35.6 Å². The molecule has 3 N–H and O–H groups in total. The molecule has 154 valence electrons. The number of likely N-dealkylation sites (tertiary alicyclic amines) is 2. The summed E-state index contributed by atoms with van der Waals surface area (Å²) < 4.78 is 27.1. The number of aryl methyl sites for hydroxylation is 1. The highest BCUT2D eigenvalue weighted by Crippen LogP contribution is 2.23. The van der Waals surface area contributed by atoms with E-state index in [4.69, 9.17) is 5.73 Å². The third kappa shape index (κ3) is 4.89. The maximum absolute atomic E-state index is 12.3. The predicted molar refractivity (Wildman–Crippen MR) is 105 cm³/mol. The van der Waals surface area contributed by atoms with Crippen molar-refractivity contribution in [3.8, 4) is 0 Å². The van der Waals surface area contributed by atoms with Gasteiger partial charge in [0.1, 0.15) is 0 Å². The van der Waals surface area contributed by atoms with Gasteiger partial charge in [0.05, 0.1) is 4.90 Å². The number of rotatable bonds is 7. The molecule has 0 unspecified atom stereocenters. The summed E-state index contributed by atoms with van der Waals surface area (Å²) in [4.78, 5) is 27.8. The van der Waals surface area contributed by atoms with Gasteiger partial charge in [-0.15, -0.1) is 0 Å². The maximum atomic E-state index is 12.3. The Morgan fingerprint density at radius 3 is 2.50 bits per heavy atom. The minimum absolute atomic E-state index is 0.0320. The predicted octanol–water partition coefficient (Wildman–Crippen LogP) is 0.0715. The van der Waals surface area contributed by atoms with E-state index in [1.54, 1.807) is 23.1 Å². The molecule has 0 spiro atoms. The van der Waals surface area contributed by atoms with Gasteiger partial charge in [-0.3, -0.25) is 14.5 Å². The first-order valence-electron chi connectivity index (χ1n) is 9.64. The molecule has 2 saturated heterocycles. The average molecular weight is 409 g/mol. The Morgan fingerprint density at radius 2 is 1.89 bits per heavy atom. The molecule has 8 nitrogen and oxygen atoms in total. The van der Waals surface area contributed by atoms with E-state index in [2.05, 4.69) is 9.62 Å². The van der Waals surface area contributed by atoms with Crippen molar-refractivity contribution in [2.24, 2.45) is 11.7 Å². The van der Waals surface area contributed by atoms with Gasteiger partial charge in [-0.25, -0.2) is 13.1 Å². The quantitative estimate of drug-likeness (QED) is 0.663. The zero-order chi connectivity index (χ0) is 20.3. The van der Waals surface area contributed by atoms with Crippen LogP contribution in [0.2, 0.25) is 0 Å². The molecule has 0 aromatic heterocycles.